The molecule has 0 bridgehead atoms. The summed E-state index contributed by atoms with van der Waals surface area (Å²) in [7, 11) is 1.60. The minimum Gasteiger partial charge on any atom is -0.450 e. The van der Waals surface area contributed by atoms with Crippen LogP contribution in [0, 0.1) is 6.92 Å². The molecule has 5 nitrogen and oxygen atoms in total. The Kier molecular flexibility index (Phi) is 4.66. The zero-order valence-corrected chi connectivity index (χ0v) is 16.1. The van der Waals surface area contributed by atoms with Crippen LogP contribution >= 0.6 is 31.9 Å². The fourth-order valence-corrected chi connectivity index (χ4v) is 5.16. The number of piperidine rings is 1. The van der Waals surface area contributed by atoms with Crippen molar-refractivity contribution in [3.8, 4) is 0 Å². The summed E-state index contributed by atoms with van der Waals surface area (Å²) in [6.07, 6.45) is 0.923. The molecule has 0 amide bonds. The lowest BCUT2D eigenvalue weighted by Gasteiger charge is -2.35. The van der Waals surface area contributed by atoms with Crippen molar-refractivity contribution < 1.29 is 19.2 Å². The Morgan fingerprint density at radius 2 is 1.78 bits per heavy atom. The number of aryl methyl sites for hydroxylation is 1. The van der Waals surface area contributed by atoms with E-state index in [9.17, 15) is 9.59 Å². The van der Waals surface area contributed by atoms with Crippen LogP contribution in [-0.4, -0.2) is 42.6 Å². The number of hydroxylamine groups is 2. The Labute approximate surface area is 151 Å². The minimum atomic E-state index is -1.01. The average Bonchev–Trinajstić information content (AvgIpc) is 2.72. The third-order valence-corrected chi connectivity index (χ3v) is 5.86. The predicted octanol–water partition coefficient (Wildman–Crippen LogP) is 3.13. The molecule has 0 N–H and O–H groups in total. The maximum Gasteiger partial charge on any atom is 0.322 e. The van der Waals surface area contributed by atoms with E-state index in [0.29, 0.717) is 31.5 Å². The van der Waals surface area contributed by atoms with Crippen molar-refractivity contribution in [1.29, 1.82) is 0 Å². The fourth-order valence-electron chi connectivity index (χ4n) is 3.29. The SMILES string of the molecule is CON1CCC2(CC1)OC(=O)C(c1c(Br)cc(C)cc1Br)C2=O. The molecule has 2 aliphatic heterocycles. The molecule has 0 radical (unpaired) electrons. The normalized spacial score (nSPS) is 24.3. The maximum atomic E-state index is 13.0. The second-order valence-electron chi connectivity index (χ2n) is 5.97. The number of halogens is 2. The van der Waals surface area contributed by atoms with Crippen LogP contribution in [-0.2, 0) is 19.2 Å². The van der Waals surface area contributed by atoms with E-state index in [1.165, 1.54) is 0 Å². The van der Waals surface area contributed by atoms with Gasteiger partial charge in [-0.15, -0.1) is 0 Å². The summed E-state index contributed by atoms with van der Waals surface area (Å²) >= 11 is 6.96. The monoisotopic (exact) mass is 445 g/mol. The van der Waals surface area contributed by atoms with Gasteiger partial charge in [-0.2, -0.15) is 5.06 Å². The maximum absolute atomic E-state index is 13.0. The van der Waals surface area contributed by atoms with Gasteiger partial charge in [0.2, 0.25) is 0 Å². The van der Waals surface area contributed by atoms with Crippen LogP contribution < -0.4 is 0 Å². The first-order valence-corrected chi connectivity index (χ1v) is 8.98. The van der Waals surface area contributed by atoms with Crippen LogP contribution in [0.15, 0.2) is 21.1 Å². The van der Waals surface area contributed by atoms with Crippen LogP contribution in [0.1, 0.15) is 29.9 Å². The number of esters is 1. The quantitative estimate of drug-likeness (QED) is 0.516. The molecule has 124 valence electrons. The highest BCUT2D eigenvalue weighted by Crippen LogP contribution is 2.44. The molecule has 3 rings (SSSR count). The third kappa shape index (κ3) is 2.88. The smallest absolute Gasteiger partial charge is 0.322 e. The van der Waals surface area contributed by atoms with Gasteiger partial charge in [0.25, 0.3) is 0 Å². The summed E-state index contributed by atoms with van der Waals surface area (Å²) in [6.45, 7) is 3.09. The minimum absolute atomic E-state index is 0.150. The fraction of sp³-hybridized carbons (Fsp3) is 0.500. The van der Waals surface area contributed by atoms with E-state index in [4.69, 9.17) is 9.57 Å². The Bertz CT molecular complexity index is 645. The molecule has 1 unspecified atom stereocenters. The molecule has 2 heterocycles. The van der Waals surface area contributed by atoms with Gasteiger partial charge in [0.05, 0.1) is 7.11 Å². The van der Waals surface area contributed by atoms with Gasteiger partial charge in [0, 0.05) is 40.4 Å². The summed E-state index contributed by atoms with van der Waals surface area (Å²) in [4.78, 5) is 30.7. The molecule has 2 saturated heterocycles. The van der Waals surface area contributed by atoms with Crippen LogP contribution in [0.2, 0.25) is 0 Å². The highest BCUT2D eigenvalue weighted by Gasteiger charge is 2.57. The number of ketones is 1. The number of ether oxygens (including phenoxy) is 1. The molecule has 7 heteroatoms. The van der Waals surface area contributed by atoms with Crippen LogP contribution in [0.3, 0.4) is 0 Å². The molecule has 1 spiro atoms. The Morgan fingerprint density at radius 1 is 1.22 bits per heavy atom. The van der Waals surface area contributed by atoms with Crippen LogP contribution in [0.5, 0.6) is 0 Å². The number of hydrogen-bond donors (Lipinski definition) is 0. The Balaban J connectivity index is 1.94. The topological polar surface area (TPSA) is 55.8 Å². The summed E-state index contributed by atoms with van der Waals surface area (Å²) in [5.74, 6) is -1.50. The van der Waals surface area contributed by atoms with Crippen molar-refractivity contribution in [2.75, 3.05) is 20.2 Å². The van der Waals surface area contributed by atoms with Gasteiger partial charge in [0.15, 0.2) is 11.4 Å². The van der Waals surface area contributed by atoms with Crippen molar-refractivity contribution in [1.82, 2.24) is 5.06 Å². The van der Waals surface area contributed by atoms with Crippen molar-refractivity contribution >= 4 is 43.6 Å². The average molecular weight is 447 g/mol. The molecule has 2 aliphatic rings. The lowest BCUT2D eigenvalue weighted by Crippen LogP contribution is -2.48. The zero-order chi connectivity index (χ0) is 16.8. The number of hydrogen-bond acceptors (Lipinski definition) is 5. The second kappa shape index (κ2) is 6.27. The van der Waals surface area contributed by atoms with Crippen molar-refractivity contribution in [3.63, 3.8) is 0 Å². The van der Waals surface area contributed by atoms with E-state index in [1.54, 1.807) is 12.2 Å². The molecular weight excluding hydrogens is 430 g/mol. The number of rotatable bonds is 2. The first kappa shape index (κ1) is 17.1. The summed E-state index contributed by atoms with van der Waals surface area (Å²) in [5, 5.41) is 1.78. The van der Waals surface area contributed by atoms with E-state index >= 15 is 0 Å². The highest BCUT2D eigenvalue weighted by atomic mass is 79.9. The van der Waals surface area contributed by atoms with Crippen LogP contribution in [0.4, 0.5) is 0 Å². The molecule has 1 aromatic rings. The molecule has 0 aliphatic carbocycles. The molecule has 23 heavy (non-hydrogen) atoms. The van der Waals surface area contributed by atoms with Crippen molar-refractivity contribution in [2.24, 2.45) is 0 Å². The Hall–Kier alpha value is -0.760. The number of Topliss-reactive ketones (excluding diaryl/α,β-unsaturated/α-hetero) is 1. The van der Waals surface area contributed by atoms with E-state index in [0.717, 1.165) is 14.5 Å². The summed E-state index contributed by atoms with van der Waals surface area (Å²) < 4.78 is 7.07. The van der Waals surface area contributed by atoms with E-state index in [2.05, 4.69) is 31.9 Å². The Morgan fingerprint density at radius 3 is 2.30 bits per heavy atom. The van der Waals surface area contributed by atoms with Crippen molar-refractivity contribution in [2.45, 2.75) is 31.3 Å². The van der Waals surface area contributed by atoms with Gasteiger partial charge in [0.1, 0.15) is 5.92 Å². The van der Waals surface area contributed by atoms with Gasteiger partial charge >= 0.3 is 5.97 Å². The molecule has 2 fully saturated rings. The standard InChI is InChI=1S/C16H17Br2NO4/c1-9-7-10(17)12(11(18)8-9)13-14(20)16(23-15(13)21)3-5-19(22-2)6-4-16/h7-8,13H,3-6H2,1-2H3. The number of benzene rings is 1. The second-order valence-corrected chi connectivity index (χ2v) is 7.68. The van der Waals surface area contributed by atoms with Crippen LogP contribution in [0.25, 0.3) is 0 Å². The lowest BCUT2D eigenvalue weighted by atomic mass is 9.82. The highest BCUT2D eigenvalue weighted by molar-refractivity contribution is 9.11. The summed E-state index contributed by atoms with van der Waals surface area (Å²) in [6, 6.07) is 3.80. The third-order valence-electron chi connectivity index (χ3n) is 4.54. The van der Waals surface area contributed by atoms with Gasteiger partial charge in [-0.1, -0.05) is 31.9 Å². The molecular formula is C16H17Br2NO4. The molecule has 0 saturated carbocycles. The predicted molar refractivity (Wildman–Crippen MR) is 91.0 cm³/mol. The van der Waals surface area contributed by atoms with Crippen molar-refractivity contribution in [3.05, 3.63) is 32.2 Å². The first-order chi connectivity index (χ1) is 10.9. The number of carbonyl (C=O) groups is 2. The number of carbonyl (C=O) groups excluding carboxylic acids is 2. The van der Waals surface area contributed by atoms with Gasteiger partial charge in [-0.05, 0) is 24.6 Å². The molecule has 1 atom stereocenters. The van der Waals surface area contributed by atoms with Gasteiger partial charge in [-0.25, -0.2) is 0 Å². The van der Waals surface area contributed by atoms with Gasteiger partial charge in [-0.3, -0.25) is 9.59 Å². The lowest BCUT2D eigenvalue weighted by molar-refractivity contribution is -0.184. The van der Waals surface area contributed by atoms with Gasteiger partial charge < -0.3 is 9.57 Å². The van der Waals surface area contributed by atoms with E-state index in [-0.39, 0.29) is 5.78 Å². The summed E-state index contributed by atoms with van der Waals surface area (Å²) in [5.41, 5.74) is 0.673. The van der Waals surface area contributed by atoms with E-state index in [1.807, 2.05) is 19.1 Å². The number of nitrogens with zero attached hydrogens (tertiary/aromatic N) is 1. The molecule has 1 aromatic carbocycles. The van der Waals surface area contributed by atoms with E-state index < -0.39 is 17.5 Å². The molecule has 0 aromatic heterocycles. The zero-order valence-electron chi connectivity index (χ0n) is 12.9. The first-order valence-electron chi connectivity index (χ1n) is 7.40. The largest absolute Gasteiger partial charge is 0.450 e.